The molecule has 2 unspecified atom stereocenters. The second kappa shape index (κ2) is 10.2. The molecule has 0 aromatic carbocycles. The molecule has 2 saturated carbocycles. The SMILES string of the molecule is Nc1nc2c(ncn2[C@H]2[C@H](O)[C@@H]3OP(=O)(O)OC[C@H]4O[C@@H](n5cnc6c(N)ncnc65)[C@H](F)[C@@H]4O[P@@](=O)(S)OCC34C[C@H]24)c(=O)[nH]1. The number of alkyl halides is 1. The van der Waals surface area contributed by atoms with E-state index in [1.807, 2.05) is 0 Å². The summed E-state index contributed by atoms with van der Waals surface area (Å²) in [6.45, 7) is -5.58. The number of nitrogens with two attached hydrogens (primary N) is 2. The molecule has 4 fully saturated rings. The van der Waals surface area contributed by atoms with Crippen LogP contribution in [0.15, 0.2) is 23.8 Å². The number of H-pyrrole nitrogens is 1. The van der Waals surface area contributed by atoms with E-state index in [2.05, 4.69) is 42.2 Å². The summed E-state index contributed by atoms with van der Waals surface area (Å²) in [7, 11) is -4.99. The number of aromatic nitrogens is 8. The fourth-order valence-corrected chi connectivity index (χ4v) is 9.33. The van der Waals surface area contributed by atoms with Crippen LogP contribution in [0.2, 0.25) is 0 Å². The molecular weight excluding hydrogens is 677 g/mol. The van der Waals surface area contributed by atoms with Gasteiger partial charge < -0.3 is 35.3 Å². The van der Waals surface area contributed by atoms with Crippen LogP contribution in [0, 0.1) is 11.3 Å². The minimum atomic E-state index is -4.99. The number of phosphoric acid groups is 1. The third-order valence-corrected chi connectivity index (χ3v) is 11.5. The average molecular weight is 703 g/mol. The number of imidazole rings is 2. The molecule has 1 spiro atoms. The number of nitrogens with one attached hydrogen (secondary N) is 1. The predicted octanol–water partition coefficient (Wildman–Crippen LogP) is 0.237. The first-order chi connectivity index (χ1) is 21.8. The number of hydrogen-bond acceptors (Lipinski definition) is 16. The van der Waals surface area contributed by atoms with Crippen LogP contribution < -0.4 is 17.0 Å². The fraction of sp³-hybridized carbons (Fsp3) is 0.545. The van der Waals surface area contributed by atoms with Gasteiger partial charge in [-0.1, -0.05) is 12.2 Å². The minimum Gasteiger partial charge on any atom is -0.388 e. The summed E-state index contributed by atoms with van der Waals surface area (Å²) >= 11 is 4.08. The molecule has 8 rings (SSSR count). The van der Waals surface area contributed by atoms with Gasteiger partial charge in [0.25, 0.3) is 5.56 Å². The van der Waals surface area contributed by atoms with Crippen molar-refractivity contribution in [3.05, 3.63) is 29.3 Å². The van der Waals surface area contributed by atoms with Crippen LogP contribution in [-0.2, 0) is 32.0 Å². The van der Waals surface area contributed by atoms with Crippen molar-refractivity contribution < 1.29 is 46.4 Å². The van der Waals surface area contributed by atoms with Gasteiger partial charge in [0.2, 0.25) is 5.95 Å². The number of aliphatic hydroxyl groups is 1. The van der Waals surface area contributed by atoms with Gasteiger partial charge >= 0.3 is 14.6 Å². The second-order valence-corrected chi connectivity index (χ2v) is 15.8. The Labute approximate surface area is 260 Å². The monoisotopic (exact) mass is 702 g/mol. The summed E-state index contributed by atoms with van der Waals surface area (Å²) in [6, 6.07) is -0.890. The van der Waals surface area contributed by atoms with Crippen molar-refractivity contribution in [2.75, 3.05) is 24.7 Å². The first-order valence-corrected chi connectivity index (χ1v) is 17.9. The van der Waals surface area contributed by atoms with E-state index in [9.17, 15) is 23.9 Å². The molecule has 46 heavy (non-hydrogen) atoms. The number of halogens is 1. The summed E-state index contributed by atoms with van der Waals surface area (Å²) < 4.78 is 73.3. The Bertz CT molecular complexity index is 2050. The van der Waals surface area contributed by atoms with Crippen LogP contribution in [-0.4, -0.2) is 92.8 Å². The Hall–Kier alpha value is -3.04. The standard InChI is InChI=1S/C22H25FN10O10P2S/c23-9-14-8(41-20(9)33-6-28-10-16(24)26-4-27-17(10)33)2-39-44(36,37)43-15-13(34)12(7-1-22(7,15)3-40-45(38,46)42-14)32-5-29-11-18(32)30-21(25)31-19(11)35/h4-9,12-15,20,34H,1-3H2,(H,36,37)(H,38,46)(H2,24,26,27)(H3,25,30,31,35)/t7-,8-,9-,12-,13+,14-,15+,20-,22?,45+/m1/s1. The molecule has 2 aliphatic carbocycles. The van der Waals surface area contributed by atoms with Crippen molar-refractivity contribution in [2.24, 2.45) is 11.3 Å². The van der Waals surface area contributed by atoms with Gasteiger partial charge in [0.05, 0.1) is 31.9 Å². The molecule has 6 heterocycles. The van der Waals surface area contributed by atoms with E-state index in [1.165, 1.54) is 21.8 Å². The number of anilines is 2. The highest BCUT2D eigenvalue weighted by Crippen LogP contribution is 2.72. The van der Waals surface area contributed by atoms with Crippen molar-refractivity contribution in [1.82, 2.24) is 39.0 Å². The molecule has 4 aromatic rings. The zero-order valence-corrected chi connectivity index (χ0v) is 25.8. The minimum absolute atomic E-state index is 0.0397. The Kier molecular flexibility index (Phi) is 6.74. The quantitative estimate of drug-likeness (QED) is 0.120. The zero-order chi connectivity index (χ0) is 32.3. The second-order valence-electron chi connectivity index (χ2n) is 11.5. The first-order valence-electron chi connectivity index (χ1n) is 13.7. The van der Waals surface area contributed by atoms with E-state index in [-0.39, 0.29) is 40.5 Å². The lowest BCUT2D eigenvalue weighted by molar-refractivity contribution is -0.0624. The molecule has 0 radical (unpaired) electrons. The number of aromatic amines is 1. The van der Waals surface area contributed by atoms with E-state index in [0.717, 1.165) is 6.33 Å². The Balaban J connectivity index is 1.11. The molecule has 0 amide bonds. The van der Waals surface area contributed by atoms with Crippen LogP contribution in [0.4, 0.5) is 16.2 Å². The lowest BCUT2D eigenvalue weighted by Gasteiger charge is -2.31. The summed E-state index contributed by atoms with van der Waals surface area (Å²) in [5, 5.41) is 11.5. The highest BCUT2D eigenvalue weighted by atomic mass is 32.7. The van der Waals surface area contributed by atoms with Gasteiger partial charge in [-0.25, -0.2) is 33.5 Å². The fourth-order valence-electron chi connectivity index (χ4n) is 6.79. The number of aliphatic hydroxyl groups excluding tert-OH is 1. The van der Waals surface area contributed by atoms with E-state index in [0.29, 0.717) is 0 Å². The maximum Gasteiger partial charge on any atom is 0.472 e. The number of hydrogen-bond donors (Lipinski definition) is 6. The Morgan fingerprint density at radius 1 is 1.09 bits per heavy atom. The predicted molar refractivity (Wildman–Crippen MR) is 155 cm³/mol. The molecule has 4 aliphatic rings. The van der Waals surface area contributed by atoms with Gasteiger partial charge in [0.15, 0.2) is 35.0 Å². The smallest absolute Gasteiger partial charge is 0.388 e. The van der Waals surface area contributed by atoms with Crippen LogP contribution in [0.3, 0.4) is 0 Å². The average Bonchev–Trinajstić information content (AvgIpc) is 3.25. The van der Waals surface area contributed by atoms with Crippen molar-refractivity contribution in [1.29, 1.82) is 0 Å². The lowest BCUT2D eigenvalue weighted by atomic mass is 10.0. The first kappa shape index (κ1) is 30.3. The van der Waals surface area contributed by atoms with E-state index >= 15 is 4.39 Å². The number of fused-ring (bicyclic) bond motifs is 3. The van der Waals surface area contributed by atoms with Gasteiger partial charge in [0.1, 0.15) is 36.3 Å². The Morgan fingerprint density at radius 2 is 1.85 bits per heavy atom. The van der Waals surface area contributed by atoms with Crippen LogP contribution in [0.1, 0.15) is 18.7 Å². The number of nitrogens with zero attached hydrogens (tertiary/aromatic N) is 7. The van der Waals surface area contributed by atoms with E-state index < -0.39 is 87.6 Å². The zero-order valence-electron chi connectivity index (χ0n) is 23.1. The summed E-state index contributed by atoms with van der Waals surface area (Å²) in [5.74, 6) is -0.671. The van der Waals surface area contributed by atoms with Crippen LogP contribution in [0.5, 0.6) is 0 Å². The number of rotatable bonds is 2. The molecular formula is C22H25FN10O10P2S. The van der Waals surface area contributed by atoms with Crippen molar-refractivity contribution in [3.8, 4) is 0 Å². The molecule has 20 nitrogen and oxygen atoms in total. The Morgan fingerprint density at radius 3 is 2.65 bits per heavy atom. The van der Waals surface area contributed by atoms with Crippen molar-refractivity contribution in [3.63, 3.8) is 0 Å². The van der Waals surface area contributed by atoms with Crippen molar-refractivity contribution in [2.45, 2.75) is 49.3 Å². The van der Waals surface area contributed by atoms with Gasteiger partial charge in [0, 0.05) is 5.41 Å². The largest absolute Gasteiger partial charge is 0.472 e. The van der Waals surface area contributed by atoms with Gasteiger partial charge in [-0.05, 0) is 12.3 Å². The van der Waals surface area contributed by atoms with Crippen LogP contribution in [0.25, 0.3) is 22.3 Å². The van der Waals surface area contributed by atoms with Gasteiger partial charge in [-0.15, -0.1) is 0 Å². The number of thiol groups is 1. The van der Waals surface area contributed by atoms with E-state index in [1.54, 1.807) is 0 Å². The maximum absolute atomic E-state index is 16.0. The van der Waals surface area contributed by atoms with Crippen LogP contribution >= 0.6 is 26.9 Å². The van der Waals surface area contributed by atoms with Crippen molar-refractivity contribution >= 4 is 61.0 Å². The molecule has 7 N–H and O–H groups in total. The molecule has 246 valence electrons. The van der Waals surface area contributed by atoms with Gasteiger partial charge in [-0.2, -0.15) is 4.98 Å². The number of ether oxygens (including phenoxy) is 1. The molecule has 2 saturated heterocycles. The third kappa shape index (κ3) is 4.62. The highest BCUT2D eigenvalue weighted by molar-refractivity contribution is 8.44. The topological polar surface area (TPSA) is 280 Å². The molecule has 4 aromatic heterocycles. The molecule has 24 heteroatoms. The molecule has 0 bridgehead atoms. The maximum atomic E-state index is 16.0. The highest BCUT2D eigenvalue weighted by Gasteiger charge is 2.74. The number of phosphoric ester groups is 1. The third-order valence-electron chi connectivity index (χ3n) is 8.92. The normalized spacial score (nSPS) is 41.0. The summed E-state index contributed by atoms with van der Waals surface area (Å²) in [6.07, 6.45) is -5.63. The molecule has 11 atom stereocenters. The van der Waals surface area contributed by atoms with Gasteiger partial charge in [-0.3, -0.25) is 27.9 Å². The van der Waals surface area contributed by atoms with E-state index in [4.69, 9.17) is 34.3 Å². The lowest BCUT2D eigenvalue weighted by Crippen LogP contribution is -2.39. The molecule has 2 aliphatic heterocycles. The number of nitrogen functional groups attached to an aromatic ring is 2. The summed E-state index contributed by atoms with van der Waals surface area (Å²) in [5.41, 5.74) is 10.1. The summed E-state index contributed by atoms with van der Waals surface area (Å²) in [4.78, 5) is 45.7.